The molecule has 4 heteroatoms. The Kier molecular flexibility index (Phi) is 6.09. The number of allylic oxidation sites excluding steroid dienone is 1. The average molecular weight is 292 g/mol. The van der Waals surface area contributed by atoms with Crippen molar-refractivity contribution in [3.8, 4) is 0 Å². The quantitative estimate of drug-likeness (QED) is 0.464. The van der Waals surface area contributed by atoms with Crippen LogP contribution in [-0.4, -0.2) is 49.6 Å². The molecule has 0 aromatic rings. The second-order valence-corrected chi connectivity index (χ2v) is 6.78. The molecule has 2 N–H and O–H groups in total. The smallest absolute Gasteiger partial charge is 0.191 e. The predicted octanol–water partition coefficient (Wildman–Crippen LogP) is 2.38. The van der Waals surface area contributed by atoms with Gasteiger partial charge in [0.25, 0.3) is 0 Å². The number of hydrogen-bond acceptors (Lipinski definition) is 2. The summed E-state index contributed by atoms with van der Waals surface area (Å²) in [6, 6.07) is 1.13. The van der Waals surface area contributed by atoms with E-state index in [-0.39, 0.29) is 0 Å². The maximum Gasteiger partial charge on any atom is 0.191 e. The monoisotopic (exact) mass is 292 g/mol. The average Bonchev–Trinajstić information content (AvgIpc) is 3.08. The number of rotatable bonds is 5. The molecule has 0 amide bonds. The van der Waals surface area contributed by atoms with Crippen molar-refractivity contribution in [2.45, 2.75) is 58.5 Å². The van der Waals surface area contributed by atoms with Crippen LogP contribution in [0.15, 0.2) is 16.6 Å². The van der Waals surface area contributed by atoms with Crippen molar-refractivity contribution in [1.29, 1.82) is 0 Å². The van der Waals surface area contributed by atoms with Gasteiger partial charge in [-0.2, -0.15) is 0 Å². The van der Waals surface area contributed by atoms with E-state index in [0.29, 0.717) is 18.0 Å². The number of guanidine groups is 1. The third-order valence-electron chi connectivity index (χ3n) is 4.79. The molecule has 2 aliphatic rings. The lowest BCUT2D eigenvalue weighted by Gasteiger charge is -2.22. The van der Waals surface area contributed by atoms with Crippen LogP contribution in [0.25, 0.3) is 0 Å². The van der Waals surface area contributed by atoms with Gasteiger partial charge >= 0.3 is 0 Å². The highest BCUT2D eigenvalue weighted by molar-refractivity contribution is 5.80. The molecule has 0 saturated carbocycles. The summed E-state index contributed by atoms with van der Waals surface area (Å²) >= 11 is 0. The van der Waals surface area contributed by atoms with Gasteiger partial charge in [-0.25, -0.2) is 0 Å². The van der Waals surface area contributed by atoms with Crippen LogP contribution in [0.4, 0.5) is 0 Å². The van der Waals surface area contributed by atoms with E-state index in [1.165, 1.54) is 25.8 Å². The van der Waals surface area contributed by atoms with Crippen LogP contribution in [0.2, 0.25) is 0 Å². The Morgan fingerprint density at radius 1 is 1.43 bits per heavy atom. The van der Waals surface area contributed by atoms with E-state index in [1.54, 1.807) is 5.57 Å². The molecular weight excluding hydrogens is 260 g/mol. The lowest BCUT2D eigenvalue weighted by Crippen LogP contribution is -2.47. The van der Waals surface area contributed by atoms with Crippen molar-refractivity contribution >= 4 is 5.96 Å². The summed E-state index contributed by atoms with van der Waals surface area (Å²) in [4.78, 5) is 6.92. The molecule has 21 heavy (non-hydrogen) atoms. The molecule has 0 radical (unpaired) electrons. The molecule has 0 spiro atoms. The Bertz CT molecular complexity index is 386. The van der Waals surface area contributed by atoms with Gasteiger partial charge < -0.3 is 10.6 Å². The summed E-state index contributed by atoms with van der Waals surface area (Å²) in [6.07, 6.45) is 7.45. The molecule has 1 aliphatic heterocycles. The van der Waals surface area contributed by atoms with Gasteiger partial charge in [-0.05, 0) is 45.4 Å². The highest BCUT2D eigenvalue weighted by Crippen LogP contribution is 2.20. The van der Waals surface area contributed by atoms with Crippen molar-refractivity contribution in [1.82, 2.24) is 15.5 Å². The SMILES string of the molecule is CN=C(NCCC1=CCCC1)NC1CN(C(C)C)CC1C. The fraction of sp³-hybridized carbons (Fsp3) is 0.824. The van der Waals surface area contributed by atoms with E-state index in [0.717, 1.165) is 25.5 Å². The Labute approximate surface area is 130 Å². The first-order chi connectivity index (χ1) is 10.1. The lowest BCUT2D eigenvalue weighted by atomic mass is 10.1. The lowest BCUT2D eigenvalue weighted by molar-refractivity contribution is 0.265. The number of nitrogens with zero attached hydrogens (tertiary/aromatic N) is 2. The molecule has 2 unspecified atom stereocenters. The van der Waals surface area contributed by atoms with Crippen LogP contribution >= 0.6 is 0 Å². The van der Waals surface area contributed by atoms with Crippen LogP contribution in [0.1, 0.15) is 46.5 Å². The summed E-state index contributed by atoms with van der Waals surface area (Å²) in [5.41, 5.74) is 1.61. The Hall–Kier alpha value is -1.03. The Balaban J connectivity index is 1.74. The van der Waals surface area contributed by atoms with E-state index in [1.807, 2.05) is 7.05 Å². The zero-order chi connectivity index (χ0) is 15.2. The highest BCUT2D eigenvalue weighted by atomic mass is 15.3. The summed E-state index contributed by atoms with van der Waals surface area (Å²) in [7, 11) is 1.87. The maximum atomic E-state index is 4.38. The fourth-order valence-corrected chi connectivity index (χ4v) is 3.29. The molecular formula is C17H32N4. The summed E-state index contributed by atoms with van der Waals surface area (Å²) in [6.45, 7) is 10.2. The first kappa shape index (κ1) is 16.3. The van der Waals surface area contributed by atoms with Crippen molar-refractivity contribution in [3.05, 3.63) is 11.6 Å². The number of hydrogen-bond donors (Lipinski definition) is 2. The minimum Gasteiger partial charge on any atom is -0.356 e. The van der Waals surface area contributed by atoms with Gasteiger partial charge in [0, 0.05) is 38.8 Å². The second-order valence-electron chi connectivity index (χ2n) is 6.78. The number of aliphatic imine (C=N–C) groups is 1. The second kappa shape index (κ2) is 7.83. The van der Waals surface area contributed by atoms with Crippen molar-refractivity contribution in [2.75, 3.05) is 26.7 Å². The summed E-state index contributed by atoms with van der Waals surface area (Å²) in [5, 5.41) is 7.07. The molecule has 1 saturated heterocycles. The molecule has 0 aromatic carbocycles. The van der Waals surface area contributed by atoms with Crippen LogP contribution in [0.5, 0.6) is 0 Å². The minimum absolute atomic E-state index is 0.504. The van der Waals surface area contributed by atoms with E-state index < -0.39 is 0 Å². The van der Waals surface area contributed by atoms with Crippen LogP contribution in [0, 0.1) is 5.92 Å². The van der Waals surface area contributed by atoms with E-state index in [2.05, 4.69) is 47.4 Å². The molecule has 4 nitrogen and oxygen atoms in total. The summed E-state index contributed by atoms with van der Waals surface area (Å²) in [5.74, 6) is 1.62. The van der Waals surface area contributed by atoms with Gasteiger partial charge in [0.2, 0.25) is 0 Å². The van der Waals surface area contributed by atoms with Crippen LogP contribution < -0.4 is 10.6 Å². The summed E-state index contributed by atoms with van der Waals surface area (Å²) < 4.78 is 0. The zero-order valence-electron chi connectivity index (χ0n) is 14.2. The number of likely N-dealkylation sites (tertiary alicyclic amines) is 1. The van der Waals surface area contributed by atoms with Gasteiger partial charge in [0.05, 0.1) is 0 Å². The van der Waals surface area contributed by atoms with Crippen LogP contribution in [0.3, 0.4) is 0 Å². The fourth-order valence-electron chi connectivity index (χ4n) is 3.29. The van der Waals surface area contributed by atoms with Gasteiger partial charge in [-0.3, -0.25) is 9.89 Å². The molecule has 1 fully saturated rings. The van der Waals surface area contributed by atoms with Gasteiger partial charge in [-0.15, -0.1) is 0 Å². The molecule has 0 aromatic heterocycles. The van der Waals surface area contributed by atoms with Crippen molar-refractivity contribution in [2.24, 2.45) is 10.9 Å². The molecule has 2 rings (SSSR count). The van der Waals surface area contributed by atoms with Crippen molar-refractivity contribution < 1.29 is 0 Å². The normalized spacial score (nSPS) is 27.3. The van der Waals surface area contributed by atoms with Gasteiger partial charge in [-0.1, -0.05) is 18.6 Å². The first-order valence-corrected chi connectivity index (χ1v) is 8.49. The zero-order valence-corrected chi connectivity index (χ0v) is 14.2. The minimum atomic E-state index is 0.504. The molecule has 1 aliphatic carbocycles. The maximum absolute atomic E-state index is 4.38. The van der Waals surface area contributed by atoms with Crippen molar-refractivity contribution in [3.63, 3.8) is 0 Å². The van der Waals surface area contributed by atoms with E-state index in [9.17, 15) is 0 Å². The topological polar surface area (TPSA) is 39.7 Å². The highest BCUT2D eigenvalue weighted by Gasteiger charge is 2.31. The van der Waals surface area contributed by atoms with E-state index >= 15 is 0 Å². The van der Waals surface area contributed by atoms with Crippen LogP contribution in [-0.2, 0) is 0 Å². The largest absolute Gasteiger partial charge is 0.356 e. The van der Waals surface area contributed by atoms with E-state index in [4.69, 9.17) is 0 Å². The van der Waals surface area contributed by atoms with Gasteiger partial charge in [0.1, 0.15) is 0 Å². The van der Waals surface area contributed by atoms with Gasteiger partial charge in [0.15, 0.2) is 5.96 Å². The molecule has 2 atom stereocenters. The Morgan fingerprint density at radius 2 is 2.24 bits per heavy atom. The first-order valence-electron chi connectivity index (χ1n) is 8.49. The molecule has 120 valence electrons. The standard InChI is InChI=1S/C17H32N4/c1-13(2)21-11-14(3)16(12-21)20-17(18-4)19-10-9-15-7-5-6-8-15/h7,13-14,16H,5-6,8-12H2,1-4H3,(H2,18,19,20). The molecule has 0 bridgehead atoms. The third-order valence-corrected chi connectivity index (χ3v) is 4.79. The Morgan fingerprint density at radius 3 is 2.81 bits per heavy atom. The number of nitrogens with one attached hydrogen (secondary N) is 2. The predicted molar refractivity (Wildman–Crippen MR) is 90.7 cm³/mol. The third kappa shape index (κ3) is 4.73. The molecule has 1 heterocycles.